The van der Waals surface area contributed by atoms with Crippen molar-refractivity contribution < 1.29 is 0 Å². The lowest BCUT2D eigenvalue weighted by Crippen LogP contribution is -2.00. The highest BCUT2D eigenvalue weighted by Gasteiger charge is 2.04. The molecule has 1 aromatic heterocycles. The Labute approximate surface area is 105 Å². The molecule has 88 valence electrons. The Hall–Kier alpha value is -1.68. The van der Waals surface area contributed by atoms with Gasteiger partial charge in [-0.15, -0.1) is 11.8 Å². The summed E-state index contributed by atoms with van der Waals surface area (Å²) < 4.78 is 0. The van der Waals surface area contributed by atoms with E-state index >= 15 is 0 Å². The average molecular weight is 245 g/mol. The number of para-hydroxylation sites is 1. The van der Waals surface area contributed by atoms with E-state index in [9.17, 15) is 0 Å². The first-order valence-corrected chi connectivity index (χ1v) is 6.55. The Morgan fingerprint density at radius 1 is 1.29 bits per heavy atom. The van der Waals surface area contributed by atoms with Gasteiger partial charge in [0.1, 0.15) is 0 Å². The predicted molar refractivity (Wildman–Crippen MR) is 74.9 cm³/mol. The Kier molecular flexibility index (Phi) is 3.54. The summed E-state index contributed by atoms with van der Waals surface area (Å²) in [4.78, 5) is 5.48. The van der Waals surface area contributed by atoms with Gasteiger partial charge in [0, 0.05) is 11.1 Å². The van der Waals surface area contributed by atoms with Crippen molar-refractivity contribution in [3.8, 4) is 0 Å². The van der Waals surface area contributed by atoms with Crippen molar-refractivity contribution in [3.05, 3.63) is 42.1 Å². The molecular weight excluding hydrogens is 230 g/mol. The second-order valence-corrected chi connectivity index (χ2v) is 4.62. The van der Waals surface area contributed by atoms with Crippen molar-refractivity contribution in [2.45, 2.75) is 11.8 Å². The van der Waals surface area contributed by atoms with Crippen molar-refractivity contribution in [3.63, 3.8) is 0 Å². The Morgan fingerprint density at radius 2 is 2.06 bits per heavy atom. The van der Waals surface area contributed by atoms with E-state index in [1.165, 1.54) is 4.90 Å². The summed E-state index contributed by atoms with van der Waals surface area (Å²) in [5, 5.41) is 3.26. The van der Waals surface area contributed by atoms with Crippen molar-refractivity contribution in [1.82, 2.24) is 4.98 Å². The van der Waals surface area contributed by atoms with Gasteiger partial charge in [-0.1, -0.05) is 12.1 Å². The number of thioether (sulfide) groups is 1. The number of benzene rings is 1. The minimum absolute atomic E-state index is 0.668. The van der Waals surface area contributed by atoms with Crippen LogP contribution in [0.3, 0.4) is 0 Å². The van der Waals surface area contributed by atoms with Crippen LogP contribution in [0.4, 0.5) is 17.2 Å². The molecule has 0 unspecified atom stereocenters. The van der Waals surface area contributed by atoms with Gasteiger partial charge in [0.2, 0.25) is 0 Å². The molecule has 2 aromatic rings. The number of hydrogen-bond acceptors (Lipinski definition) is 4. The number of aryl methyl sites for hydroxylation is 1. The second kappa shape index (κ2) is 5.10. The molecule has 0 aliphatic heterocycles. The number of pyridine rings is 1. The van der Waals surface area contributed by atoms with Crippen molar-refractivity contribution in [2.75, 3.05) is 17.3 Å². The van der Waals surface area contributed by atoms with Gasteiger partial charge >= 0.3 is 0 Å². The molecule has 0 radical (unpaired) electrons. The summed E-state index contributed by atoms with van der Waals surface area (Å²) in [6.45, 7) is 1.98. The van der Waals surface area contributed by atoms with Crippen LogP contribution in [0.5, 0.6) is 0 Å². The fourth-order valence-electron chi connectivity index (χ4n) is 1.57. The summed E-state index contributed by atoms with van der Waals surface area (Å²) >= 11 is 1.69. The zero-order valence-electron chi connectivity index (χ0n) is 9.90. The third kappa shape index (κ3) is 2.71. The van der Waals surface area contributed by atoms with E-state index in [1.54, 1.807) is 18.0 Å². The number of nitrogens with zero attached hydrogens (tertiary/aromatic N) is 1. The minimum atomic E-state index is 0.668. The normalized spacial score (nSPS) is 10.2. The van der Waals surface area contributed by atoms with Crippen LogP contribution in [0.25, 0.3) is 0 Å². The average Bonchev–Trinajstić information content (AvgIpc) is 2.33. The number of nitrogen functional groups attached to an aromatic ring is 1. The van der Waals surface area contributed by atoms with Crippen LogP contribution < -0.4 is 11.1 Å². The van der Waals surface area contributed by atoms with Crippen molar-refractivity contribution in [1.29, 1.82) is 0 Å². The highest BCUT2D eigenvalue weighted by atomic mass is 32.2. The number of nitrogens with one attached hydrogen (secondary N) is 1. The van der Waals surface area contributed by atoms with Gasteiger partial charge in [0.15, 0.2) is 5.82 Å². The first kappa shape index (κ1) is 11.8. The van der Waals surface area contributed by atoms with E-state index in [-0.39, 0.29) is 0 Å². The van der Waals surface area contributed by atoms with E-state index in [1.807, 2.05) is 37.4 Å². The van der Waals surface area contributed by atoms with E-state index in [4.69, 9.17) is 5.73 Å². The predicted octanol–water partition coefficient (Wildman–Crippen LogP) is 3.44. The fourth-order valence-corrected chi connectivity index (χ4v) is 2.13. The second-order valence-electron chi connectivity index (χ2n) is 3.78. The van der Waals surface area contributed by atoms with Gasteiger partial charge in [-0.05, 0) is 36.9 Å². The Morgan fingerprint density at radius 3 is 2.76 bits per heavy atom. The lowest BCUT2D eigenvalue weighted by molar-refractivity contribution is 1.25. The molecule has 3 N–H and O–H groups in total. The summed E-state index contributed by atoms with van der Waals surface area (Å²) in [5.41, 5.74) is 8.69. The zero-order chi connectivity index (χ0) is 12.3. The topological polar surface area (TPSA) is 50.9 Å². The lowest BCUT2D eigenvalue weighted by atomic mass is 10.2. The molecule has 0 amide bonds. The minimum Gasteiger partial charge on any atom is -0.396 e. The molecule has 1 aromatic carbocycles. The largest absolute Gasteiger partial charge is 0.396 e. The molecule has 0 fully saturated rings. The third-order valence-electron chi connectivity index (χ3n) is 2.41. The van der Waals surface area contributed by atoms with Gasteiger partial charge in [-0.25, -0.2) is 4.98 Å². The van der Waals surface area contributed by atoms with Crippen LogP contribution >= 0.6 is 11.8 Å². The van der Waals surface area contributed by atoms with E-state index < -0.39 is 0 Å². The molecule has 0 spiro atoms. The molecule has 2 rings (SSSR count). The number of hydrogen-bond donors (Lipinski definition) is 2. The van der Waals surface area contributed by atoms with Crippen LogP contribution in [-0.2, 0) is 0 Å². The summed E-state index contributed by atoms with van der Waals surface area (Å²) in [6, 6.07) is 10.0. The standard InChI is InChI=1S/C13H15N3S/c1-9-7-10(14)13(15-8-9)16-11-5-3-4-6-12(11)17-2/h3-8H,14H2,1-2H3,(H,15,16). The molecule has 0 saturated carbocycles. The SMILES string of the molecule is CSc1ccccc1Nc1ncc(C)cc1N. The number of aromatic nitrogens is 1. The highest BCUT2D eigenvalue weighted by Crippen LogP contribution is 2.29. The molecule has 0 atom stereocenters. The molecule has 0 aliphatic carbocycles. The van der Waals surface area contributed by atoms with E-state index in [0.29, 0.717) is 11.5 Å². The monoisotopic (exact) mass is 245 g/mol. The van der Waals surface area contributed by atoms with Crippen LogP contribution in [0.1, 0.15) is 5.56 Å². The van der Waals surface area contributed by atoms with Crippen LogP contribution in [0, 0.1) is 6.92 Å². The zero-order valence-corrected chi connectivity index (χ0v) is 10.7. The van der Waals surface area contributed by atoms with E-state index in [0.717, 1.165) is 11.3 Å². The van der Waals surface area contributed by atoms with E-state index in [2.05, 4.69) is 16.4 Å². The van der Waals surface area contributed by atoms with Gasteiger partial charge in [0.05, 0.1) is 11.4 Å². The maximum atomic E-state index is 5.93. The van der Waals surface area contributed by atoms with Crippen LogP contribution in [-0.4, -0.2) is 11.2 Å². The molecule has 0 aliphatic rings. The smallest absolute Gasteiger partial charge is 0.153 e. The van der Waals surface area contributed by atoms with Gasteiger partial charge in [-0.2, -0.15) is 0 Å². The lowest BCUT2D eigenvalue weighted by Gasteiger charge is -2.11. The molecule has 17 heavy (non-hydrogen) atoms. The van der Waals surface area contributed by atoms with Crippen molar-refractivity contribution in [2.24, 2.45) is 0 Å². The summed E-state index contributed by atoms with van der Waals surface area (Å²) in [7, 11) is 0. The molecule has 0 bridgehead atoms. The van der Waals surface area contributed by atoms with Gasteiger partial charge in [-0.3, -0.25) is 0 Å². The highest BCUT2D eigenvalue weighted by molar-refractivity contribution is 7.98. The number of nitrogens with two attached hydrogens (primary N) is 1. The summed E-state index contributed by atoms with van der Waals surface area (Å²) in [6.07, 6.45) is 3.85. The molecule has 4 heteroatoms. The number of anilines is 3. The Bertz CT molecular complexity index is 526. The third-order valence-corrected chi connectivity index (χ3v) is 3.21. The van der Waals surface area contributed by atoms with Crippen LogP contribution in [0.2, 0.25) is 0 Å². The first-order valence-electron chi connectivity index (χ1n) is 5.33. The molecule has 0 saturated heterocycles. The fraction of sp³-hybridized carbons (Fsp3) is 0.154. The van der Waals surface area contributed by atoms with Gasteiger partial charge in [0.25, 0.3) is 0 Å². The number of rotatable bonds is 3. The molecule has 3 nitrogen and oxygen atoms in total. The Balaban J connectivity index is 2.31. The molecular formula is C13H15N3S. The maximum Gasteiger partial charge on any atom is 0.153 e. The first-order chi connectivity index (χ1) is 8.20. The molecule has 1 heterocycles. The van der Waals surface area contributed by atoms with Gasteiger partial charge < -0.3 is 11.1 Å². The quantitative estimate of drug-likeness (QED) is 0.813. The van der Waals surface area contributed by atoms with Crippen molar-refractivity contribution >= 4 is 29.0 Å². The maximum absolute atomic E-state index is 5.93. The van der Waals surface area contributed by atoms with Crippen LogP contribution in [0.15, 0.2) is 41.4 Å². The summed E-state index contributed by atoms with van der Waals surface area (Å²) in [5.74, 6) is 0.706.